The van der Waals surface area contributed by atoms with Gasteiger partial charge in [0.1, 0.15) is 0 Å². The first-order chi connectivity index (χ1) is 6.77. The first-order valence-electron chi connectivity index (χ1n) is 5.26. The average Bonchev–Trinajstić information content (AvgIpc) is 2.19. The van der Waals surface area contributed by atoms with Gasteiger partial charge in [-0.15, -0.1) is 0 Å². The third-order valence-corrected chi connectivity index (χ3v) is 2.54. The van der Waals surface area contributed by atoms with E-state index in [1.165, 1.54) is 5.56 Å². The molecule has 1 aromatic carbocycles. The van der Waals surface area contributed by atoms with Crippen molar-refractivity contribution in [3.05, 3.63) is 34.9 Å². The minimum Gasteiger partial charge on any atom is -0.310 e. The molecule has 78 valence electrons. The summed E-state index contributed by atoms with van der Waals surface area (Å²) in [4.78, 5) is 0. The highest BCUT2D eigenvalue weighted by atomic mass is 35.5. The Morgan fingerprint density at radius 1 is 1.36 bits per heavy atom. The molecule has 0 aliphatic heterocycles. The smallest absolute Gasteiger partial charge is 0.0409 e. The predicted molar refractivity (Wildman–Crippen MR) is 62.8 cm³/mol. The molecule has 2 heteroatoms. The maximum Gasteiger partial charge on any atom is 0.0409 e. The van der Waals surface area contributed by atoms with E-state index in [1.54, 1.807) is 0 Å². The highest BCUT2D eigenvalue weighted by Crippen LogP contribution is 2.19. The predicted octanol–water partition coefficient (Wildman–Crippen LogP) is 3.79. The van der Waals surface area contributed by atoms with E-state index in [0.717, 1.165) is 24.4 Å². The van der Waals surface area contributed by atoms with Gasteiger partial charge in [0.2, 0.25) is 0 Å². The van der Waals surface area contributed by atoms with Crippen molar-refractivity contribution >= 4 is 11.6 Å². The molecule has 0 aromatic heterocycles. The van der Waals surface area contributed by atoms with Gasteiger partial charge in [0.15, 0.2) is 0 Å². The van der Waals surface area contributed by atoms with E-state index in [1.807, 2.05) is 18.2 Å². The Labute approximate surface area is 91.5 Å². The highest BCUT2D eigenvalue weighted by Gasteiger charge is 2.07. The van der Waals surface area contributed by atoms with E-state index < -0.39 is 0 Å². The molecule has 0 saturated heterocycles. The number of halogens is 1. The molecule has 0 unspecified atom stereocenters. The zero-order valence-corrected chi connectivity index (χ0v) is 9.64. The summed E-state index contributed by atoms with van der Waals surface area (Å²) in [7, 11) is 0. The lowest BCUT2D eigenvalue weighted by Crippen LogP contribution is -2.21. The molecular weight excluding hydrogens is 194 g/mol. The number of nitrogens with one attached hydrogen (secondary N) is 1. The van der Waals surface area contributed by atoms with Crippen LogP contribution in [0.5, 0.6) is 0 Å². The first-order valence-corrected chi connectivity index (χ1v) is 5.64. The molecule has 1 atom stereocenters. The number of rotatable bonds is 5. The Kier molecular flexibility index (Phi) is 4.99. The van der Waals surface area contributed by atoms with Crippen molar-refractivity contribution in [2.75, 3.05) is 6.54 Å². The maximum absolute atomic E-state index is 5.95. The molecule has 0 saturated carbocycles. The molecule has 0 amide bonds. The normalized spacial score (nSPS) is 12.8. The van der Waals surface area contributed by atoms with E-state index in [9.17, 15) is 0 Å². The molecule has 0 spiro atoms. The van der Waals surface area contributed by atoms with E-state index in [2.05, 4.69) is 25.2 Å². The third kappa shape index (κ3) is 3.32. The van der Waals surface area contributed by atoms with E-state index in [4.69, 9.17) is 11.6 Å². The monoisotopic (exact) mass is 211 g/mol. The summed E-state index contributed by atoms with van der Waals surface area (Å²) in [5, 5.41) is 4.32. The SMILES string of the molecule is CCCN[C@@H](CC)c1cccc(Cl)c1. The minimum atomic E-state index is 0.439. The molecule has 0 heterocycles. The van der Waals surface area contributed by atoms with Crippen molar-refractivity contribution in [1.29, 1.82) is 0 Å². The van der Waals surface area contributed by atoms with Gasteiger partial charge >= 0.3 is 0 Å². The Bertz CT molecular complexity index is 273. The van der Waals surface area contributed by atoms with Crippen LogP contribution in [0.1, 0.15) is 38.3 Å². The van der Waals surface area contributed by atoms with Crippen LogP contribution in [0.15, 0.2) is 24.3 Å². The molecule has 1 N–H and O–H groups in total. The van der Waals surface area contributed by atoms with Gasteiger partial charge in [0, 0.05) is 11.1 Å². The maximum atomic E-state index is 5.95. The van der Waals surface area contributed by atoms with Crippen LogP contribution in [-0.4, -0.2) is 6.54 Å². The summed E-state index contributed by atoms with van der Waals surface area (Å²) in [6, 6.07) is 8.53. The fourth-order valence-corrected chi connectivity index (χ4v) is 1.74. The van der Waals surface area contributed by atoms with Gasteiger partial charge in [0.25, 0.3) is 0 Å². The van der Waals surface area contributed by atoms with Crippen LogP contribution in [0, 0.1) is 0 Å². The van der Waals surface area contributed by atoms with E-state index in [0.29, 0.717) is 6.04 Å². The van der Waals surface area contributed by atoms with Gasteiger partial charge in [-0.05, 0) is 37.1 Å². The van der Waals surface area contributed by atoms with E-state index >= 15 is 0 Å². The van der Waals surface area contributed by atoms with Gasteiger partial charge in [-0.2, -0.15) is 0 Å². The number of hydrogen-bond acceptors (Lipinski definition) is 1. The first kappa shape index (κ1) is 11.5. The van der Waals surface area contributed by atoms with Crippen molar-refractivity contribution in [3.63, 3.8) is 0 Å². The fourth-order valence-electron chi connectivity index (χ4n) is 1.54. The molecule has 14 heavy (non-hydrogen) atoms. The van der Waals surface area contributed by atoms with Crippen molar-refractivity contribution < 1.29 is 0 Å². The summed E-state index contributed by atoms with van der Waals surface area (Å²) in [6.07, 6.45) is 2.26. The zero-order chi connectivity index (χ0) is 10.4. The molecule has 0 fully saturated rings. The van der Waals surface area contributed by atoms with Gasteiger partial charge in [-0.25, -0.2) is 0 Å². The molecule has 1 aromatic rings. The van der Waals surface area contributed by atoms with Crippen molar-refractivity contribution in [1.82, 2.24) is 5.32 Å². The Balaban J connectivity index is 2.68. The van der Waals surface area contributed by atoms with Gasteiger partial charge in [-0.1, -0.05) is 37.6 Å². The zero-order valence-electron chi connectivity index (χ0n) is 8.89. The summed E-state index contributed by atoms with van der Waals surface area (Å²) < 4.78 is 0. The molecule has 0 aliphatic carbocycles. The quantitative estimate of drug-likeness (QED) is 0.782. The summed E-state index contributed by atoms with van der Waals surface area (Å²) >= 11 is 5.95. The largest absolute Gasteiger partial charge is 0.310 e. The summed E-state index contributed by atoms with van der Waals surface area (Å²) in [6.45, 7) is 5.43. The fraction of sp³-hybridized carbons (Fsp3) is 0.500. The lowest BCUT2D eigenvalue weighted by molar-refractivity contribution is 0.518. The van der Waals surface area contributed by atoms with E-state index in [-0.39, 0.29) is 0 Å². The standard InChI is InChI=1S/C12H18ClN/c1-3-8-14-12(4-2)10-6-5-7-11(13)9-10/h5-7,9,12,14H,3-4,8H2,1-2H3/t12-/m0/s1. The topological polar surface area (TPSA) is 12.0 Å². The van der Waals surface area contributed by atoms with Crippen LogP contribution in [0.3, 0.4) is 0 Å². The lowest BCUT2D eigenvalue weighted by Gasteiger charge is -2.17. The Morgan fingerprint density at radius 3 is 2.71 bits per heavy atom. The minimum absolute atomic E-state index is 0.439. The Morgan fingerprint density at radius 2 is 2.14 bits per heavy atom. The van der Waals surface area contributed by atoms with Crippen molar-refractivity contribution in [3.8, 4) is 0 Å². The second-order valence-electron chi connectivity index (χ2n) is 3.47. The van der Waals surface area contributed by atoms with Gasteiger partial charge in [0.05, 0.1) is 0 Å². The lowest BCUT2D eigenvalue weighted by atomic mass is 10.0. The van der Waals surface area contributed by atoms with Crippen molar-refractivity contribution in [2.24, 2.45) is 0 Å². The molecule has 0 aliphatic rings. The second-order valence-corrected chi connectivity index (χ2v) is 3.91. The molecule has 1 nitrogen and oxygen atoms in total. The molecule has 1 rings (SSSR count). The van der Waals surface area contributed by atoms with Gasteiger partial charge < -0.3 is 5.32 Å². The third-order valence-electron chi connectivity index (χ3n) is 2.30. The average molecular weight is 212 g/mol. The van der Waals surface area contributed by atoms with Crippen LogP contribution < -0.4 is 5.32 Å². The second kappa shape index (κ2) is 6.05. The molecular formula is C12H18ClN. The highest BCUT2D eigenvalue weighted by molar-refractivity contribution is 6.30. The van der Waals surface area contributed by atoms with Crippen LogP contribution in [0.4, 0.5) is 0 Å². The van der Waals surface area contributed by atoms with Crippen LogP contribution in [0.25, 0.3) is 0 Å². The summed E-state index contributed by atoms with van der Waals surface area (Å²) in [5.74, 6) is 0. The van der Waals surface area contributed by atoms with Gasteiger partial charge in [-0.3, -0.25) is 0 Å². The molecule has 0 radical (unpaired) electrons. The van der Waals surface area contributed by atoms with Crippen molar-refractivity contribution in [2.45, 2.75) is 32.7 Å². The molecule has 0 bridgehead atoms. The number of hydrogen-bond donors (Lipinski definition) is 1. The van der Waals surface area contributed by atoms with Crippen LogP contribution >= 0.6 is 11.6 Å². The summed E-state index contributed by atoms with van der Waals surface area (Å²) in [5.41, 5.74) is 1.29. The Hall–Kier alpha value is -0.530. The number of benzene rings is 1. The van der Waals surface area contributed by atoms with Crippen LogP contribution in [-0.2, 0) is 0 Å². The van der Waals surface area contributed by atoms with Crippen LogP contribution in [0.2, 0.25) is 5.02 Å².